The van der Waals surface area contributed by atoms with Gasteiger partial charge in [-0.05, 0) is 42.3 Å². The first kappa shape index (κ1) is 15.5. The fourth-order valence-corrected chi connectivity index (χ4v) is 3.01. The first-order valence-corrected chi connectivity index (χ1v) is 7.61. The predicted octanol–water partition coefficient (Wildman–Crippen LogP) is 2.83. The number of nitrogens with zero attached hydrogens (tertiary/aromatic N) is 2. The number of methoxy groups -OCH3 is 1. The van der Waals surface area contributed by atoms with Gasteiger partial charge in [0.1, 0.15) is 5.75 Å². The molecule has 0 amide bonds. The van der Waals surface area contributed by atoms with E-state index >= 15 is 0 Å². The van der Waals surface area contributed by atoms with Crippen LogP contribution in [0.5, 0.6) is 5.75 Å². The number of benzene rings is 1. The molecule has 0 fully saturated rings. The second-order valence-corrected chi connectivity index (χ2v) is 5.52. The first-order valence-electron chi connectivity index (χ1n) is 7.61. The topological polar surface area (TPSA) is 62.3 Å². The highest BCUT2D eigenvalue weighted by Crippen LogP contribution is 2.30. The van der Waals surface area contributed by atoms with Crippen LogP contribution in [0.4, 0.5) is 0 Å². The molecule has 0 unspecified atom stereocenters. The van der Waals surface area contributed by atoms with E-state index in [-0.39, 0.29) is 0 Å². The van der Waals surface area contributed by atoms with Gasteiger partial charge in [0.15, 0.2) is 0 Å². The summed E-state index contributed by atoms with van der Waals surface area (Å²) in [5.41, 5.74) is 4.81. The summed E-state index contributed by atoms with van der Waals surface area (Å²) in [4.78, 5) is 8.99. The maximum Gasteiger partial charge on any atom is 0.119 e. The minimum Gasteiger partial charge on any atom is -0.497 e. The van der Waals surface area contributed by atoms with Crippen molar-refractivity contribution in [1.82, 2.24) is 9.55 Å². The van der Waals surface area contributed by atoms with Crippen molar-refractivity contribution in [2.45, 2.75) is 19.9 Å². The molecule has 0 spiro atoms. The minimum absolute atomic E-state index is 0.490. The SMILES string of the molecule is COc1ccc2c(c1)c(CCON)c(C)n2Cc1cccnc1. The maximum absolute atomic E-state index is 5.37. The van der Waals surface area contributed by atoms with E-state index in [4.69, 9.17) is 15.5 Å². The lowest BCUT2D eigenvalue weighted by atomic mass is 10.1. The molecule has 0 saturated heterocycles. The molecule has 0 aliphatic rings. The highest BCUT2D eigenvalue weighted by molar-refractivity contribution is 5.87. The molecule has 0 saturated carbocycles. The van der Waals surface area contributed by atoms with Crippen molar-refractivity contribution < 1.29 is 9.57 Å². The highest BCUT2D eigenvalue weighted by Gasteiger charge is 2.15. The van der Waals surface area contributed by atoms with E-state index < -0.39 is 0 Å². The van der Waals surface area contributed by atoms with Gasteiger partial charge in [-0.3, -0.25) is 4.98 Å². The van der Waals surface area contributed by atoms with Crippen LogP contribution in [-0.2, 0) is 17.8 Å². The summed E-state index contributed by atoms with van der Waals surface area (Å²) in [6.45, 7) is 3.41. The summed E-state index contributed by atoms with van der Waals surface area (Å²) in [7, 11) is 1.68. The number of ether oxygens (including phenoxy) is 1. The number of rotatable bonds is 6. The second kappa shape index (κ2) is 6.81. The Morgan fingerprint density at radius 2 is 2.13 bits per heavy atom. The third-order valence-electron chi connectivity index (χ3n) is 4.19. The molecule has 0 radical (unpaired) electrons. The van der Waals surface area contributed by atoms with E-state index in [0.29, 0.717) is 6.61 Å². The zero-order valence-corrected chi connectivity index (χ0v) is 13.5. The molecule has 0 atom stereocenters. The second-order valence-electron chi connectivity index (χ2n) is 5.52. The lowest BCUT2D eigenvalue weighted by molar-refractivity contribution is 0.141. The average Bonchev–Trinajstić information content (AvgIpc) is 2.85. The molecule has 3 aromatic rings. The van der Waals surface area contributed by atoms with Crippen molar-refractivity contribution in [2.75, 3.05) is 13.7 Å². The van der Waals surface area contributed by atoms with Gasteiger partial charge in [0.25, 0.3) is 0 Å². The number of nitrogens with two attached hydrogens (primary N) is 1. The van der Waals surface area contributed by atoms with Crippen molar-refractivity contribution in [3.63, 3.8) is 0 Å². The van der Waals surface area contributed by atoms with Gasteiger partial charge in [-0.15, -0.1) is 0 Å². The van der Waals surface area contributed by atoms with E-state index in [2.05, 4.69) is 34.7 Å². The third kappa shape index (κ3) is 3.06. The fourth-order valence-electron chi connectivity index (χ4n) is 3.01. The van der Waals surface area contributed by atoms with E-state index in [1.54, 1.807) is 13.3 Å². The number of pyridine rings is 1. The van der Waals surface area contributed by atoms with Crippen LogP contribution in [0.3, 0.4) is 0 Å². The third-order valence-corrected chi connectivity index (χ3v) is 4.19. The van der Waals surface area contributed by atoms with E-state index in [1.807, 2.05) is 18.3 Å². The Balaban J connectivity index is 2.11. The molecule has 120 valence electrons. The first-order chi connectivity index (χ1) is 11.2. The zero-order valence-electron chi connectivity index (χ0n) is 13.5. The van der Waals surface area contributed by atoms with Crippen LogP contribution >= 0.6 is 0 Å². The Morgan fingerprint density at radius 3 is 2.83 bits per heavy atom. The largest absolute Gasteiger partial charge is 0.497 e. The highest BCUT2D eigenvalue weighted by atomic mass is 16.6. The van der Waals surface area contributed by atoms with Crippen LogP contribution < -0.4 is 10.6 Å². The molecule has 3 rings (SSSR count). The Kier molecular flexibility index (Phi) is 4.60. The summed E-state index contributed by atoms with van der Waals surface area (Å²) in [5.74, 6) is 6.07. The van der Waals surface area contributed by atoms with Gasteiger partial charge in [0, 0.05) is 42.0 Å². The van der Waals surface area contributed by atoms with Gasteiger partial charge in [0.05, 0.1) is 13.7 Å². The van der Waals surface area contributed by atoms with Crippen molar-refractivity contribution in [1.29, 1.82) is 0 Å². The normalized spacial score (nSPS) is 11.1. The smallest absolute Gasteiger partial charge is 0.119 e. The van der Waals surface area contributed by atoms with E-state index in [1.165, 1.54) is 27.7 Å². The van der Waals surface area contributed by atoms with Crippen LogP contribution in [0.2, 0.25) is 0 Å². The molecular weight excluding hydrogens is 290 g/mol. The van der Waals surface area contributed by atoms with Crippen LogP contribution in [0, 0.1) is 6.92 Å². The molecule has 2 N–H and O–H groups in total. The lowest BCUT2D eigenvalue weighted by Crippen LogP contribution is -2.06. The number of fused-ring (bicyclic) bond motifs is 1. The number of hydrogen-bond acceptors (Lipinski definition) is 4. The molecule has 1 aromatic carbocycles. The minimum atomic E-state index is 0.490. The van der Waals surface area contributed by atoms with Gasteiger partial charge >= 0.3 is 0 Å². The number of hydrogen-bond donors (Lipinski definition) is 1. The van der Waals surface area contributed by atoms with Gasteiger partial charge in [-0.2, -0.15) is 0 Å². The molecule has 5 heteroatoms. The molecule has 2 heterocycles. The van der Waals surface area contributed by atoms with E-state index in [0.717, 1.165) is 18.7 Å². The average molecular weight is 311 g/mol. The molecule has 5 nitrogen and oxygen atoms in total. The molecule has 23 heavy (non-hydrogen) atoms. The van der Waals surface area contributed by atoms with Crippen LogP contribution in [-0.4, -0.2) is 23.3 Å². The van der Waals surface area contributed by atoms with Gasteiger partial charge in [-0.25, -0.2) is 5.90 Å². The maximum atomic E-state index is 5.37. The van der Waals surface area contributed by atoms with Gasteiger partial charge in [-0.1, -0.05) is 6.07 Å². The van der Waals surface area contributed by atoms with Crippen molar-refractivity contribution in [2.24, 2.45) is 5.90 Å². The Bertz CT molecular complexity index is 797. The van der Waals surface area contributed by atoms with Crippen LogP contribution in [0.15, 0.2) is 42.7 Å². The Hall–Kier alpha value is -2.37. The molecule has 2 aromatic heterocycles. The summed E-state index contributed by atoms with van der Waals surface area (Å²) in [5, 5.41) is 1.18. The standard InChI is InChI=1S/C18H21N3O2/c1-13-16(7-9-23-19)17-10-15(22-2)5-6-18(17)21(13)12-14-4-3-8-20-11-14/h3-6,8,10-11H,7,9,12,19H2,1-2H3. The fraction of sp³-hybridized carbons (Fsp3) is 0.278. The Labute approximate surface area is 135 Å². The van der Waals surface area contributed by atoms with Gasteiger partial charge < -0.3 is 14.1 Å². The number of aromatic nitrogens is 2. The molecule has 0 aliphatic carbocycles. The summed E-state index contributed by atoms with van der Waals surface area (Å²) in [6, 6.07) is 10.2. The monoisotopic (exact) mass is 311 g/mol. The van der Waals surface area contributed by atoms with Crippen molar-refractivity contribution in [3.8, 4) is 5.75 Å². The molecule has 0 aliphatic heterocycles. The summed E-state index contributed by atoms with van der Waals surface area (Å²) < 4.78 is 7.68. The van der Waals surface area contributed by atoms with E-state index in [9.17, 15) is 0 Å². The summed E-state index contributed by atoms with van der Waals surface area (Å²) >= 11 is 0. The zero-order chi connectivity index (χ0) is 16.2. The van der Waals surface area contributed by atoms with Gasteiger partial charge in [0.2, 0.25) is 0 Å². The predicted molar refractivity (Wildman–Crippen MR) is 90.4 cm³/mol. The van der Waals surface area contributed by atoms with Crippen molar-refractivity contribution >= 4 is 10.9 Å². The lowest BCUT2D eigenvalue weighted by Gasteiger charge is -2.09. The summed E-state index contributed by atoms with van der Waals surface area (Å²) in [6.07, 6.45) is 4.46. The molecule has 0 bridgehead atoms. The van der Waals surface area contributed by atoms with Crippen LogP contribution in [0.25, 0.3) is 10.9 Å². The Morgan fingerprint density at radius 1 is 1.26 bits per heavy atom. The van der Waals surface area contributed by atoms with Crippen LogP contribution in [0.1, 0.15) is 16.8 Å². The molecular formula is C18H21N3O2. The van der Waals surface area contributed by atoms with Crippen molar-refractivity contribution in [3.05, 3.63) is 59.5 Å². The quantitative estimate of drug-likeness (QED) is 0.711.